The van der Waals surface area contributed by atoms with Crippen molar-refractivity contribution in [3.8, 4) is 0 Å². The van der Waals surface area contributed by atoms with Gasteiger partial charge in [0.05, 0.1) is 10.2 Å². The van der Waals surface area contributed by atoms with E-state index in [1.807, 2.05) is 24.3 Å². The van der Waals surface area contributed by atoms with Crippen LogP contribution in [0.5, 0.6) is 0 Å². The van der Waals surface area contributed by atoms with Gasteiger partial charge in [-0.2, -0.15) is 0 Å². The third-order valence-electron chi connectivity index (χ3n) is 3.98. The second kappa shape index (κ2) is 5.26. The molecule has 0 N–H and O–H groups in total. The number of allylic oxidation sites excluding steroid dienone is 2. The molecule has 0 aliphatic carbocycles. The summed E-state index contributed by atoms with van der Waals surface area (Å²) >= 11 is 9.96. The van der Waals surface area contributed by atoms with E-state index in [-0.39, 0.29) is 0 Å². The number of rotatable bonds is 1. The van der Waals surface area contributed by atoms with Crippen molar-refractivity contribution in [2.45, 2.75) is 0 Å². The molecule has 2 aliphatic rings. The number of benzene rings is 1. The van der Waals surface area contributed by atoms with Crippen LogP contribution in [-0.2, 0) is 0 Å². The third-order valence-corrected chi connectivity index (χ3v) is 5.77. The second-order valence-electron chi connectivity index (χ2n) is 5.30. The maximum absolute atomic E-state index is 15.1. The molecule has 0 fully saturated rings. The first-order valence-electron chi connectivity index (χ1n) is 6.81. The monoisotopic (exact) mass is 502 g/mol. The third kappa shape index (κ3) is 2.18. The number of aromatic nitrogens is 1. The first kappa shape index (κ1) is 15.5. The molecule has 4 rings (SSSR count). The summed E-state index contributed by atoms with van der Waals surface area (Å²) in [5.74, 6) is 0. The lowest BCUT2D eigenvalue weighted by Gasteiger charge is -2.32. The Morgan fingerprint density at radius 3 is 2.52 bits per heavy atom. The van der Waals surface area contributed by atoms with Crippen LogP contribution in [0.15, 0.2) is 63.3 Å². The van der Waals surface area contributed by atoms with Crippen LogP contribution >= 0.6 is 47.8 Å². The molecule has 23 heavy (non-hydrogen) atoms. The van der Waals surface area contributed by atoms with E-state index < -0.39 is 6.97 Å². The summed E-state index contributed by atoms with van der Waals surface area (Å²) in [7, 11) is 0. The summed E-state index contributed by atoms with van der Waals surface area (Å²) in [6.45, 7) is -3.97. The molecule has 0 radical (unpaired) electrons. The van der Waals surface area contributed by atoms with Crippen molar-refractivity contribution in [2.75, 3.05) is 0 Å². The van der Waals surface area contributed by atoms with Gasteiger partial charge in [0.1, 0.15) is 0 Å². The Labute approximate surface area is 156 Å². The molecule has 1 aromatic heterocycles. The molecule has 0 saturated carbocycles. The van der Waals surface area contributed by atoms with E-state index in [0.29, 0.717) is 20.6 Å². The lowest BCUT2D eigenvalue weighted by molar-refractivity contribution is -0.358. The topological polar surface area (TPSA) is 7.94 Å². The SMILES string of the molecule is F[B-]1(F)n2c(Br)ccc2C(c2cccc(Br)c2)=C2C=CC(Br)=[N+]21. The molecule has 0 bridgehead atoms. The fourth-order valence-electron chi connectivity index (χ4n) is 3.07. The summed E-state index contributed by atoms with van der Waals surface area (Å²) in [6.07, 6.45) is 3.38. The molecule has 2 aliphatic heterocycles. The van der Waals surface area contributed by atoms with E-state index in [0.717, 1.165) is 24.6 Å². The van der Waals surface area contributed by atoms with Gasteiger partial charge in [-0.3, -0.25) is 0 Å². The average Bonchev–Trinajstić information content (AvgIpc) is 3.05. The molecular weight excluding hydrogens is 497 g/mol. The minimum absolute atomic E-state index is 0.358. The van der Waals surface area contributed by atoms with Crippen LogP contribution in [0.3, 0.4) is 0 Å². The lowest BCUT2D eigenvalue weighted by Crippen LogP contribution is -2.50. The van der Waals surface area contributed by atoms with Gasteiger partial charge in [0, 0.05) is 38.2 Å². The van der Waals surface area contributed by atoms with Crippen LogP contribution in [0, 0.1) is 0 Å². The fourth-order valence-corrected chi connectivity index (χ4v) is 4.61. The van der Waals surface area contributed by atoms with E-state index in [1.165, 1.54) is 0 Å². The van der Waals surface area contributed by atoms with Gasteiger partial charge in [0.2, 0.25) is 4.62 Å². The molecule has 2 aromatic rings. The summed E-state index contributed by atoms with van der Waals surface area (Å²) in [5, 5.41) is 0. The van der Waals surface area contributed by atoms with Gasteiger partial charge in [-0.1, -0.05) is 28.1 Å². The highest BCUT2D eigenvalue weighted by Crippen LogP contribution is 2.42. The molecule has 3 heterocycles. The predicted molar refractivity (Wildman–Crippen MR) is 99.0 cm³/mol. The smallest absolute Gasteiger partial charge is 0.389 e. The van der Waals surface area contributed by atoms with Crippen molar-refractivity contribution < 1.29 is 13.1 Å². The summed E-state index contributed by atoms with van der Waals surface area (Å²) in [4.78, 5) is 0. The van der Waals surface area contributed by atoms with Crippen molar-refractivity contribution >= 4 is 65.0 Å². The highest BCUT2D eigenvalue weighted by Gasteiger charge is 2.54. The van der Waals surface area contributed by atoms with Crippen molar-refractivity contribution in [2.24, 2.45) is 0 Å². The van der Waals surface area contributed by atoms with Gasteiger partial charge in [-0.25, -0.2) is 0 Å². The molecule has 0 atom stereocenters. The van der Waals surface area contributed by atoms with Gasteiger partial charge >= 0.3 is 6.97 Å². The van der Waals surface area contributed by atoms with Crippen LogP contribution in [-0.4, -0.2) is 20.6 Å². The fraction of sp³-hybridized carbons (Fsp3) is 0. The number of hydrogen-bond acceptors (Lipinski definition) is 0. The normalized spacial score (nSPS) is 18.5. The van der Waals surface area contributed by atoms with Crippen molar-refractivity contribution in [3.63, 3.8) is 0 Å². The van der Waals surface area contributed by atoms with Crippen LogP contribution in [0.4, 0.5) is 8.63 Å². The molecule has 8 heteroatoms. The first-order valence-corrected chi connectivity index (χ1v) is 9.19. The van der Waals surface area contributed by atoms with Crippen LogP contribution < -0.4 is 0 Å². The zero-order valence-corrected chi connectivity index (χ0v) is 16.2. The van der Waals surface area contributed by atoms with E-state index in [4.69, 9.17) is 0 Å². The van der Waals surface area contributed by atoms with Crippen molar-refractivity contribution in [3.05, 3.63) is 74.6 Å². The maximum Gasteiger partial charge on any atom is 0.738 e. The van der Waals surface area contributed by atoms with E-state index in [2.05, 4.69) is 47.8 Å². The van der Waals surface area contributed by atoms with Gasteiger partial charge in [-0.15, -0.1) is 0 Å². The van der Waals surface area contributed by atoms with Gasteiger partial charge in [-0.05, 0) is 45.8 Å². The molecule has 0 unspecified atom stereocenters. The minimum Gasteiger partial charge on any atom is -0.389 e. The highest BCUT2D eigenvalue weighted by atomic mass is 79.9. The Hall–Kier alpha value is -0.985. The van der Waals surface area contributed by atoms with Gasteiger partial charge in [0.15, 0.2) is 5.70 Å². The Morgan fingerprint density at radius 2 is 1.78 bits per heavy atom. The van der Waals surface area contributed by atoms with Crippen LogP contribution in [0.25, 0.3) is 5.57 Å². The summed E-state index contributed by atoms with van der Waals surface area (Å²) in [6, 6.07) is 11.0. The lowest BCUT2D eigenvalue weighted by atomic mass is 9.86. The Bertz CT molecular complexity index is 944. The Morgan fingerprint density at radius 1 is 1.00 bits per heavy atom. The second-order valence-corrected chi connectivity index (χ2v) is 7.84. The van der Waals surface area contributed by atoms with E-state index >= 15 is 8.63 Å². The molecule has 1 aromatic carbocycles. The summed E-state index contributed by atoms with van der Waals surface area (Å²) in [5.41, 5.74) is 2.65. The van der Waals surface area contributed by atoms with Gasteiger partial charge < -0.3 is 17.6 Å². The van der Waals surface area contributed by atoms with E-state index in [9.17, 15) is 0 Å². The molecule has 0 amide bonds. The van der Waals surface area contributed by atoms with Crippen LogP contribution in [0.1, 0.15) is 11.3 Å². The molecule has 0 spiro atoms. The first-order chi connectivity index (χ1) is 10.9. The predicted octanol–water partition coefficient (Wildman–Crippen LogP) is 5.38. The molecule has 2 nitrogen and oxygen atoms in total. The number of halogens is 5. The average molecular weight is 505 g/mol. The molecule has 0 saturated heterocycles. The Kier molecular flexibility index (Phi) is 3.55. The van der Waals surface area contributed by atoms with Gasteiger partial charge in [0.25, 0.3) is 0 Å². The van der Waals surface area contributed by atoms with Crippen LogP contribution in [0.2, 0.25) is 0 Å². The minimum atomic E-state index is -3.97. The standard InChI is InChI=1S/C15H8BBr3F2N2/c17-10-3-1-2-9(8-10)15-11-4-6-13(18)22(11)16(20,21)23-12(15)5-7-14(23)19/h1-8H. The van der Waals surface area contributed by atoms with E-state index in [1.54, 1.807) is 24.3 Å². The largest absolute Gasteiger partial charge is 0.738 e. The zero-order valence-electron chi connectivity index (χ0n) is 11.5. The quantitative estimate of drug-likeness (QED) is 0.461. The molecule has 116 valence electrons. The number of nitrogens with zero attached hydrogens (tertiary/aromatic N) is 2. The molecular formula is C15H8BBr3F2N2. The maximum atomic E-state index is 15.1. The van der Waals surface area contributed by atoms with Crippen molar-refractivity contribution in [1.82, 2.24) is 4.48 Å². The number of hydrogen-bond donors (Lipinski definition) is 0. The number of fused-ring (bicyclic) bond motifs is 2. The highest BCUT2D eigenvalue weighted by molar-refractivity contribution is 9.18. The summed E-state index contributed by atoms with van der Waals surface area (Å²) < 4.78 is 33.8. The Balaban J connectivity index is 2.12. The zero-order chi connectivity index (χ0) is 16.4. The van der Waals surface area contributed by atoms with Crippen molar-refractivity contribution in [1.29, 1.82) is 0 Å².